The number of hydrogen-bond donors (Lipinski definition) is 2. The largest absolute Gasteiger partial charge is 0.397 e. The van der Waals surface area contributed by atoms with E-state index < -0.39 is 0 Å². The molecule has 0 unspecified atom stereocenters. The Morgan fingerprint density at radius 3 is 2.12 bits per heavy atom. The molecule has 0 saturated carbocycles. The summed E-state index contributed by atoms with van der Waals surface area (Å²) in [7, 11) is 2.00. The van der Waals surface area contributed by atoms with Crippen molar-refractivity contribution in [3.8, 4) is 0 Å². The predicted molar refractivity (Wildman–Crippen MR) is 69.8 cm³/mol. The fourth-order valence-corrected chi connectivity index (χ4v) is 1.57. The topological polar surface area (TPSA) is 55.3 Å². The van der Waals surface area contributed by atoms with E-state index in [2.05, 4.69) is 4.90 Å². The van der Waals surface area contributed by atoms with Crippen LogP contribution < -0.4 is 16.4 Å². The van der Waals surface area contributed by atoms with Crippen molar-refractivity contribution in [3.05, 3.63) is 48.5 Å². The van der Waals surface area contributed by atoms with Crippen LogP contribution in [0.15, 0.2) is 48.5 Å². The van der Waals surface area contributed by atoms with E-state index in [1.54, 1.807) is 0 Å². The maximum atomic E-state index is 5.78. The van der Waals surface area contributed by atoms with Gasteiger partial charge in [0.05, 0.1) is 11.4 Å². The Balaban J connectivity index is 2.34. The zero-order valence-corrected chi connectivity index (χ0v) is 9.22. The van der Waals surface area contributed by atoms with Gasteiger partial charge < -0.3 is 16.4 Å². The van der Waals surface area contributed by atoms with Gasteiger partial charge in [0, 0.05) is 18.4 Å². The summed E-state index contributed by atoms with van der Waals surface area (Å²) < 4.78 is 0. The third-order valence-electron chi connectivity index (χ3n) is 2.60. The molecule has 2 aromatic rings. The smallest absolute Gasteiger partial charge is 0.0568 e. The number of rotatable bonds is 2. The van der Waals surface area contributed by atoms with Crippen molar-refractivity contribution in [2.45, 2.75) is 0 Å². The fourth-order valence-electron chi connectivity index (χ4n) is 1.57. The first-order chi connectivity index (χ1) is 7.68. The van der Waals surface area contributed by atoms with E-state index >= 15 is 0 Å². The van der Waals surface area contributed by atoms with Crippen LogP contribution in [-0.4, -0.2) is 7.05 Å². The fraction of sp³-hybridized carbons (Fsp3) is 0.0769. The molecule has 0 atom stereocenters. The molecule has 82 valence electrons. The number of nitrogens with zero attached hydrogens (tertiary/aromatic N) is 1. The van der Waals surface area contributed by atoms with E-state index in [0.29, 0.717) is 11.4 Å². The van der Waals surface area contributed by atoms with Crippen molar-refractivity contribution in [3.63, 3.8) is 0 Å². The van der Waals surface area contributed by atoms with Crippen LogP contribution in [0.3, 0.4) is 0 Å². The summed E-state index contributed by atoms with van der Waals surface area (Å²) in [5, 5.41) is 0. The first-order valence-corrected chi connectivity index (χ1v) is 5.12. The molecule has 0 heterocycles. The highest BCUT2D eigenvalue weighted by molar-refractivity contribution is 5.73. The molecule has 0 aliphatic rings. The van der Waals surface area contributed by atoms with Gasteiger partial charge in [0.25, 0.3) is 0 Å². The molecule has 0 radical (unpaired) electrons. The number of nitrogens with two attached hydrogens (primary N) is 2. The summed E-state index contributed by atoms with van der Waals surface area (Å²) in [6.45, 7) is 0. The third-order valence-corrected chi connectivity index (χ3v) is 2.60. The summed E-state index contributed by atoms with van der Waals surface area (Å²) in [5.74, 6) is 0. The lowest BCUT2D eigenvalue weighted by Gasteiger charge is -2.20. The van der Waals surface area contributed by atoms with Crippen LogP contribution in [0.1, 0.15) is 0 Å². The van der Waals surface area contributed by atoms with Crippen molar-refractivity contribution in [1.29, 1.82) is 0 Å². The molecular formula is C13H15N3. The highest BCUT2D eigenvalue weighted by Gasteiger charge is 2.04. The molecule has 0 saturated heterocycles. The summed E-state index contributed by atoms with van der Waals surface area (Å²) in [6, 6.07) is 15.8. The molecule has 0 fully saturated rings. The average molecular weight is 213 g/mol. The number of benzene rings is 2. The molecule has 0 aliphatic carbocycles. The Morgan fingerprint density at radius 2 is 1.50 bits per heavy atom. The molecule has 0 aliphatic heterocycles. The van der Waals surface area contributed by atoms with Crippen molar-refractivity contribution < 1.29 is 0 Å². The quantitative estimate of drug-likeness (QED) is 0.754. The van der Waals surface area contributed by atoms with E-state index in [1.807, 2.05) is 55.6 Å². The lowest BCUT2D eigenvalue weighted by Crippen LogP contribution is -2.09. The van der Waals surface area contributed by atoms with Gasteiger partial charge in [-0.1, -0.05) is 18.2 Å². The average Bonchev–Trinajstić information content (AvgIpc) is 2.33. The summed E-state index contributed by atoms with van der Waals surface area (Å²) in [4.78, 5) is 2.07. The molecule has 0 amide bonds. The molecule has 4 N–H and O–H groups in total. The first kappa shape index (κ1) is 10.4. The van der Waals surface area contributed by atoms with Crippen LogP contribution in [0, 0.1) is 0 Å². The maximum absolute atomic E-state index is 5.78. The van der Waals surface area contributed by atoms with E-state index in [0.717, 1.165) is 11.4 Å². The Hall–Kier alpha value is -2.16. The molecule has 0 spiro atoms. The minimum Gasteiger partial charge on any atom is -0.397 e. The molecular weight excluding hydrogens is 198 g/mol. The first-order valence-electron chi connectivity index (χ1n) is 5.12. The van der Waals surface area contributed by atoms with Gasteiger partial charge in [-0.25, -0.2) is 0 Å². The zero-order chi connectivity index (χ0) is 11.5. The van der Waals surface area contributed by atoms with Crippen molar-refractivity contribution in [2.75, 3.05) is 23.4 Å². The summed E-state index contributed by atoms with van der Waals surface area (Å²) >= 11 is 0. The summed E-state index contributed by atoms with van der Waals surface area (Å²) in [6.07, 6.45) is 0. The van der Waals surface area contributed by atoms with Crippen molar-refractivity contribution in [1.82, 2.24) is 0 Å². The second kappa shape index (κ2) is 4.14. The standard InChI is InChI=1S/C13H15N3/c1-16(10-5-3-2-4-6-10)11-7-8-12(14)13(15)9-11/h2-9H,14-15H2,1H3. The van der Waals surface area contributed by atoms with Crippen LogP contribution in [0.2, 0.25) is 0 Å². The molecule has 3 nitrogen and oxygen atoms in total. The van der Waals surface area contributed by atoms with E-state index in [4.69, 9.17) is 11.5 Å². The van der Waals surface area contributed by atoms with Crippen LogP contribution in [0.4, 0.5) is 22.7 Å². The predicted octanol–water partition coefficient (Wildman–Crippen LogP) is 2.62. The second-order valence-corrected chi connectivity index (χ2v) is 3.71. The lowest BCUT2D eigenvalue weighted by molar-refractivity contribution is 1.21. The van der Waals surface area contributed by atoms with Crippen molar-refractivity contribution >= 4 is 22.7 Å². The molecule has 0 bridgehead atoms. The molecule has 0 aromatic heterocycles. The molecule has 3 heteroatoms. The van der Waals surface area contributed by atoms with Gasteiger partial charge in [-0.05, 0) is 30.3 Å². The van der Waals surface area contributed by atoms with Gasteiger partial charge in [-0.2, -0.15) is 0 Å². The normalized spacial score (nSPS) is 10.1. The summed E-state index contributed by atoms with van der Waals surface area (Å²) in [5.41, 5.74) is 14.8. The van der Waals surface area contributed by atoms with Gasteiger partial charge in [0.1, 0.15) is 0 Å². The van der Waals surface area contributed by atoms with Crippen LogP contribution in [-0.2, 0) is 0 Å². The van der Waals surface area contributed by atoms with Gasteiger partial charge in [0.2, 0.25) is 0 Å². The molecule has 2 aromatic carbocycles. The lowest BCUT2D eigenvalue weighted by atomic mass is 10.2. The number of anilines is 4. The van der Waals surface area contributed by atoms with Gasteiger partial charge in [-0.15, -0.1) is 0 Å². The van der Waals surface area contributed by atoms with Gasteiger partial charge >= 0.3 is 0 Å². The Bertz CT molecular complexity index is 480. The Morgan fingerprint density at radius 1 is 0.812 bits per heavy atom. The minimum absolute atomic E-state index is 0.611. The number of para-hydroxylation sites is 1. The molecule has 2 rings (SSSR count). The van der Waals surface area contributed by atoms with E-state index in [9.17, 15) is 0 Å². The number of hydrogen-bond acceptors (Lipinski definition) is 3. The second-order valence-electron chi connectivity index (χ2n) is 3.71. The van der Waals surface area contributed by atoms with Crippen LogP contribution in [0.25, 0.3) is 0 Å². The third kappa shape index (κ3) is 1.93. The van der Waals surface area contributed by atoms with Gasteiger partial charge in [-0.3, -0.25) is 0 Å². The molecule has 16 heavy (non-hydrogen) atoms. The highest BCUT2D eigenvalue weighted by Crippen LogP contribution is 2.27. The number of nitrogen functional groups attached to an aromatic ring is 2. The Kier molecular flexibility index (Phi) is 2.68. The minimum atomic E-state index is 0.611. The maximum Gasteiger partial charge on any atom is 0.0568 e. The monoisotopic (exact) mass is 213 g/mol. The zero-order valence-electron chi connectivity index (χ0n) is 9.22. The van der Waals surface area contributed by atoms with E-state index in [1.165, 1.54) is 0 Å². The SMILES string of the molecule is CN(c1ccccc1)c1ccc(N)c(N)c1. The van der Waals surface area contributed by atoms with E-state index in [-0.39, 0.29) is 0 Å². The van der Waals surface area contributed by atoms with Gasteiger partial charge in [0.15, 0.2) is 0 Å². The van der Waals surface area contributed by atoms with Crippen molar-refractivity contribution in [2.24, 2.45) is 0 Å². The van der Waals surface area contributed by atoms with Crippen LogP contribution in [0.5, 0.6) is 0 Å². The Labute approximate surface area is 95.3 Å². The highest BCUT2D eigenvalue weighted by atomic mass is 15.1. The van der Waals surface area contributed by atoms with Crippen LogP contribution >= 0.6 is 0 Å².